The van der Waals surface area contributed by atoms with Crippen LogP contribution in [0.25, 0.3) is 0 Å². The highest BCUT2D eigenvalue weighted by molar-refractivity contribution is 7.90. The zero-order valence-corrected chi connectivity index (χ0v) is 25.2. The summed E-state index contributed by atoms with van der Waals surface area (Å²) in [7, 11) is 0. The predicted octanol–water partition coefficient (Wildman–Crippen LogP) is 3.45. The largest absolute Gasteiger partial charge is 0.617 e. The molecule has 0 aromatic heterocycles. The van der Waals surface area contributed by atoms with E-state index in [0.29, 0.717) is 6.54 Å². The summed E-state index contributed by atoms with van der Waals surface area (Å²) in [5.41, 5.74) is 2.69. The number of rotatable bonds is 13. The van der Waals surface area contributed by atoms with Crippen molar-refractivity contribution in [2.24, 2.45) is 0 Å². The molecule has 220 valence electrons. The number of carbonyl (C=O) groups excluding carboxylic acids is 3. The van der Waals surface area contributed by atoms with E-state index < -0.39 is 40.9 Å². The summed E-state index contributed by atoms with van der Waals surface area (Å²) in [6.07, 6.45) is 2.59. The molecule has 0 aliphatic rings. The Morgan fingerprint density at radius 3 is 2.20 bits per heavy atom. The third-order valence-electron chi connectivity index (χ3n) is 6.21. The number of nitrogens with one attached hydrogen (secondary N) is 3. The maximum Gasteiger partial charge on any atom is 0.408 e. The average molecular weight is 574 g/mol. The Kier molecular flexibility index (Phi) is 12.8. The normalized spacial score (nSPS) is 13.6. The molecule has 1 unspecified atom stereocenters. The minimum atomic E-state index is -1.17. The second-order valence-corrected chi connectivity index (χ2v) is 12.5. The number of phenols is 1. The third-order valence-corrected chi connectivity index (χ3v) is 7.02. The number of amides is 3. The first kappa shape index (κ1) is 33.0. The molecule has 0 aliphatic heterocycles. The SMILES string of the molecule is Cc1cc(O)cc(C)c1C[C@H](NC(=O)OC(C)(C)C)C(=O)N[C@H](CC[S+](C)[O-])C(=O)NCCCc1ccccc1. The van der Waals surface area contributed by atoms with Crippen molar-refractivity contribution in [2.75, 3.05) is 18.6 Å². The highest BCUT2D eigenvalue weighted by Crippen LogP contribution is 2.22. The van der Waals surface area contributed by atoms with Crippen LogP contribution >= 0.6 is 0 Å². The van der Waals surface area contributed by atoms with Gasteiger partial charge in [0.15, 0.2) is 0 Å². The highest BCUT2D eigenvalue weighted by atomic mass is 32.2. The van der Waals surface area contributed by atoms with Crippen LogP contribution in [0.1, 0.15) is 55.9 Å². The quantitative estimate of drug-likeness (QED) is 0.214. The number of aromatic hydroxyl groups is 1. The summed E-state index contributed by atoms with van der Waals surface area (Å²) in [6.45, 7) is 9.21. The van der Waals surface area contributed by atoms with Gasteiger partial charge in [0.05, 0.1) is 6.26 Å². The van der Waals surface area contributed by atoms with E-state index in [2.05, 4.69) is 16.0 Å². The fourth-order valence-corrected chi connectivity index (χ4v) is 4.82. The molecule has 4 N–H and O–H groups in total. The van der Waals surface area contributed by atoms with E-state index in [1.807, 2.05) is 44.2 Å². The van der Waals surface area contributed by atoms with Crippen molar-refractivity contribution < 1.29 is 28.8 Å². The minimum Gasteiger partial charge on any atom is -0.617 e. The molecule has 2 aromatic rings. The van der Waals surface area contributed by atoms with Gasteiger partial charge in [-0.25, -0.2) is 4.79 Å². The number of aryl methyl sites for hydroxylation is 3. The molecule has 40 heavy (non-hydrogen) atoms. The first-order valence-corrected chi connectivity index (χ1v) is 15.2. The molecular weight excluding hydrogens is 530 g/mol. The summed E-state index contributed by atoms with van der Waals surface area (Å²) in [5, 5.41) is 18.2. The summed E-state index contributed by atoms with van der Waals surface area (Å²) in [4.78, 5) is 39.2. The zero-order chi connectivity index (χ0) is 29.9. The lowest BCUT2D eigenvalue weighted by Crippen LogP contribution is -2.55. The molecule has 0 saturated heterocycles. The van der Waals surface area contributed by atoms with E-state index in [-0.39, 0.29) is 30.3 Å². The maximum atomic E-state index is 13.5. The van der Waals surface area contributed by atoms with E-state index in [1.165, 1.54) is 5.56 Å². The van der Waals surface area contributed by atoms with Crippen LogP contribution in [0, 0.1) is 13.8 Å². The number of alkyl carbamates (subject to hydrolysis) is 1. The summed E-state index contributed by atoms with van der Waals surface area (Å²) < 4.78 is 17.2. The van der Waals surface area contributed by atoms with Gasteiger partial charge in [0.25, 0.3) is 0 Å². The molecule has 0 radical (unpaired) electrons. The van der Waals surface area contributed by atoms with Crippen molar-refractivity contribution in [2.45, 2.75) is 78.0 Å². The van der Waals surface area contributed by atoms with E-state index in [4.69, 9.17) is 4.74 Å². The van der Waals surface area contributed by atoms with Gasteiger partial charge in [0.1, 0.15) is 29.2 Å². The van der Waals surface area contributed by atoms with Crippen LogP contribution in [0.5, 0.6) is 5.75 Å². The highest BCUT2D eigenvalue weighted by Gasteiger charge is 2.30. The standard InChI is InChI=1S/C30H43N3O6S/c1-20-17-23(34)18-21(2)24(20)19-26(33-29(37)39-30(3,4)5)28(36)32-25(14-16-40(6)38)27(35)31-15-10-13-22-11-8-7-9-12-22/h7-9,11-12,17-18,25-26,34H,10,13-16,19H2,1-6H3,(H,31,35)(H,32,36)(H,33,37)/t25-,26+,40?/m1/s1. The number of phenolic OH excluding ortho intramolecular Hbond substituents is 1. The predicted molar refractivity (Wildman–Crippen MR) is 158 cm³/mol. The van der Waals surface area contributed by atoms with Crippen molar-refractivity contribution in [1.82, 2.24) is 16.0 Å². The number of carbonyl (C=O) groups is 3. The molecular formula is C30H43N3O6S. The van der Waals surface area contributed by atoms with E-state index in [9.17, 15) is 24.0 Å². The van der Waals surface area contributed by atoms with Crippen molar-refractivity contribution in [1.29, 1.82) is 0 Å². The molecule has 0 aliphatic carbocycles. The first-order chi connectivity index (χ1) is 18.7. The van der Waals surface area contributed by atoms with Crippen LogP contribution in [0.15, 0.2) is 42.5 Å². The van der Waals surface area contributed by atoms with Crippen LogP contribution in [0.4, 0.5) is 4.79 Å². The topological polar surface area (TPSA) is 140 Å². The zero-order valence-electron chi connectivity index (χ0n) is 24.3. The van der Waals surface area contributed by atoms with Gasteiger partial charge < -0.3 is 30.3 Å². The lowest BCUT2D eigenvalue weighted by atomic mass is 9.95. The Hall–Kier alpha value is -3.24. The van der Waals surface area contributed by atoms with E-state index in [1.54, 1.807) is 39.2 Å². The fourth-order valence-electron chi connectivity index (χ4n) is 4.25. The van der Waals surface area contributed by atoms with Crippen molar-refractivity contribution in [3.8, 4) is 5.75 Å². The number of benzene rings is 2. The lowest BCUT2D eigenvalue weighted by Gasteiger charge is -2.26. The molecule has 10 heteroatoms. The molecule has 0 heterocycles. The van der Waals surface area contributed by atoms with Crippen molar-refractivity contribution >= 4 is 29.1 Å². The molecule has 0 bridgehead atoms. The van der Waals surface area contributed by atoms with Gasteiger partial charge in [0, 0.05) is 19.4 Å². The van der Waals surface area contributed by atoms with Gasteiger partial charge in [0.2, 0.25) is 11.8 Å². The maximum absolute atomic E-state index is 13.5. The van der Waals surface area contributed by atoms with Crippen LogP contribution in [-0.2, 0) is 38.3 Å². The van der Waals surface area contributed by atoms with Crippen LogP contribution < -0.4 is 16.0 Å². The van der Waals surface area contributed by atoms with Gasteiger partial charge in [-0.1, -0.05) is 41.5 Å². The molecule has 3 atom stereocenters. The third kappa shape index (κ3) is 11.9. The van der Waals surface area contributed by atoms with Crippen LogP contribution in [0.2, 0.25) is 0 Å². The summed E-state index contributed by atoms with van der Waals surface area (Å²) >= 11 is -1.17. The van der Waals surface area contributed by atoms with Gasteiger partial charge in [-0.05, 0) is 81.8 Å². The monoisotopic (exact) mass is 573 g/mol. The first-order valence-electron chi connectivity index (χ1n) is 13.5. The number of hydrogen-bond donors (Lipinski definition) is 4. The molecule has 3 amide bonds. The fraction of sp³-hybridized carbons (Fsp3) is 0.500. The van der Waals surface area contributed by atoms with Gasteiger partial charge in [-0.3, -0.25) is 9.59 Å². The summed E-state index contributed by atoms with van der Waals surface area (Å²) in [5.74, 6) is -0.608. The van der Waals surface area contributed by atoms with Gasteiger partial charge >= 0.3 is 6.09 Å². The Labute approximate surface area is 240 Å². The van der Waals surface area contributed by atoms with E-state index in [0.717, 1.165) is 29.5 Å². The number of ether oxygens (including phenoxy) is 1. The average Bonchev–Trinajstić information content (AvgIpc) is 2.84. The second-order valence-electron chi connectivity index (χ2n) is 11.0. The van der Waals surface area contributed by atoms with Crippen molar-refractivity contribution in [3.05, 3.63) is 64.7 Å². The van der Waals surface area contributed by atoms with Gasteiger partial charge in [-0.15, -0.1) is 0 Å². The minimum absolute atomic E-state index is 0.108. The Morgan fingerprint density at radius 2 is 1.62 bits per heavy atom. The van der Waals surface area contributed by atoms with Crippen LogP contribution in [-0.4, -0.2) is 63.8 Å². The number of hydrogen-bond acceptors (Lipinski definition) is 6. The van der Waals surface area contributed by atoms with Crippen molar-refractivity contribution in [3.63, 3.8) is 0 Å². The Balaban J connectivity index is 2.17. The summed E-state index contributed by atoms with van der Waals surface area (Å²) in [6, 6.07) is 11.1. The smallest absolute Gasteiger partial charge is 0.408 e. The second kappa shape index (κ2) is 15.5. The van der Waals surface area contributed by atoms with Crippen LogP contribution in [0.3, 0.4) is 0 Å². The Morgan fingerprint density at radius 1 is 1.00 bits per heavy atom. The van der Waals surface area contributed by atoms with Gasteiger partial charge in [-0.2, -0.15) is 0 Å². The molecule has 2 rings (SSSR count). The molecule has 9 nitrogen and oxygen atoms in total. The molecule has 0 fully saturated rings. The lowest BCUT2D eigenvalue weighted by molar-refractivity contribution is -0.130. The Bertz CT molecular complexity index is 1110. The van der Waals surface area contributed by atoms with E-state index >= 15 is 0 Å². The molecule has 0 saturated carbocycles. The molecule has 2 aromatic carbocycles. The molecule has 0 spiro atoms.